The van der Waals surface area contributed by atoms with Gasteiger partial charge in [0, 0.05) is 16.5 Å². The fourth-order valence-corrected chi connectivity index (χ4v) is 2.17. The molecule has 0 fully saturated rings. The lowest BCUT2D eigenvalue weighted by Gasteiger charge is -2.08. The van der Waals surface area contributed by atoms with Gasteiger partial charge in [-0.1, -0.05) is 24.6 Å². The quantitative estimate of drug-likeness (QED) is 0.751. The zero-order valence-electron chi connectivity index (χ0n) is 6.70. The van der Waals surface area contributed by atoms with Gasteiger partial charge in [0.05, 0.1) is 0 Å². The van der Waals surface area contributed by atoms with Crippen molar-refractivity contribution >= 4 is 24.3 Å². The Morgan fingerprint density at radius 3 is 2.75 bits per heavy atom. The molecule has 0 aromatic heterocycles. The summed E-state index contributed by atoms with van der Waals surface area (Å²) in [6, 6.07) is 6.51. The number of rotatable bonds is 2. The van der Waals surface area contributed by atoms with E-state index < -0.39 is 7.37 Å². The molecule has 0 bridgehead atoms. The third-order valence-electron chi connectivity index (χ3n) is 1.64. The molecule has 1 atom stereocenters. The molecule has 4 heteroatoms. The summed E-state index contributed by atoms with van der Waals surface area (Å²) in [5, 5.41) is 0.924. The highest BCUT2D eigenvalue weighted by Gasteiger charge is 2.17. The molecule has 0 spiro atoms. The molecular formula is C8H10ClO2P. The van der Waals surface area contributed by atoms with Crippen molar-refractivity contribution in [3.8, 4) is 0 Å². The second-order valence-corrected chi connectivity index (χ2v) is 5.49. The Kier molecular flexibility index (Phi) is 2.94. The van der Waals surface area contributed by atoms with Crippen LogP contribution in [0.15, 0.2) is 24.3 Å². The minimum atomic E-state index is -3.14. The average molecular weight is 205 g/mol. The van der Waals surface area contributed by atoms with Gasteiger partial charge in [0.2, 0.25) is 7.37 Å². The summed E-state index contributed by atoms with van der Waals surface area (Å²) < 4.78 is 11.4. The number of hydrogen-bond acceptors (Lipinski definition) is 1. The molecule has 2 nitrogen and oxygen atoms in total. The standard InChI is InChI=1S/C8H10ClO2P/c1-2-12(10,11)8-5-3-4-7(9)6-8/h3-6H,2H2,1H3,(H,10,11). The van der Waals surface area contributed by atoms with Crippen LogP contribution in [-0.4, -0.2) is 11.1 Å². The summed E-state index contributed by atoms with van der Waals surface area (Å²) >= 11 is 5.68. The van der Waals surface area contributed by atoms with E-state index in [1.165, 1.54) is 6.07 Å². The smallest absolute Gasteiger partial charge is 0.229 e. The van der Waals surface area contributed by atoms with Crippen LogP contribution in [0.25, 0.3) is 0 Å². The minimum absolute atomic E-state index is 0.243. The highest BCUT2D eigenvalue weighted by Crippen LogP contribution is 2.38. The largest absolute Gasteiger partial charge is 0.341 e. The number of benzene rings is 1. The van der Waals surface area contributed by atoms with Crippen molar-refractivity contribution < 1.29 is 9.46 Å². The Morgan fingerprint density at radius 2 is 2.25 bits per heavy atom. The van der Waals surface area contributed by atoms with Gasteiger partial charge in [-0.25, -0.2) is 0 Å². The highest BCUT2D eigenvalue weighted by atomic mass is 35.5. The summed E-state index contributed by atoms with van der Waals surface area (Å²) in [6.45, 7) is 1.68. The van der Waals surface area contributed by atoms with E-state index >= 15 is 0 Å². The second kappa shape index (κ2) is 3.61. The predicted octanol–water partition coefficient (Wildman–Crippen LogP) is 2.26. The SMILES string of the molecule is CCP(=O)(O)c1cccc(Cl)c1. The second-order valence-electron chi connectivity index (χ2n) is 2.50. The van der Waals surface area contributed by atoms with Crippen molar-refractivity contribution in [1.82, 2.24) is 0 Å². The molecule has 1 aromatic rings. The van der Waals surface area contributed by atoms with Gasteiger partial charge in [0.1, 0.15) is 0 Å². The van der Waals surface area contributed by atoms with E-state index in [0.717, 1.165) is 0 Å². The molecular weight excluding hydrogens is 195 g/mol. The highest BCUT2D eigenvalue weighted by molar-refractivity contribution is 7.66. The lowest BCUT2D eigenvalue weighted by molar-refractivity contribution is 0.491. The van der Waals surface area contributed by atoms with Crippen LogP contribution in [0, 0.1) is 0 Å². The third-order valence-corrected chi connectivity index (χ3v) is 3.82. The first-order chi connectivity index (χ1) is 5.56. The van der Waals surface area contributed by atoms with Crippen LogP contribution in [-0.2, 0) is 4.57 Å². The molecule has 0 aliphatic rings. The van der Waals surface area contributed by atoms with Gasteiger partial charge in [-0.15, -0.1) is 0 Å². The van der Waals surface area contributed by atoms with Gasteiger partial charge in [-0.05, 0) is 18.2 Å². The van der Waals surface area contributed by atoms with Crippen LogP contribution >= 0.6 is 19.0 Å². The maximum atomic E-state index is 11.4. The van der Waals surface area contributed by atoms with Crippen molar-refractivity contribution in [1.29, 1.82) is 0 Å². The van der Waals surface area contributed by atoms with E-state index in [4.69, 9.17) is 11.6 Å². The molecule has 1 rings (SSSR count). The maximum Gasteiger partial charge on any atom is 0.229 e. The van der Waals surface area contributed by atoms with Gasteiger partial charge in [0.15, 0.2) is 0 Å². The first-order valence-electron chi connectivity index (χ1n) is 3.64. The first-order valence-corrected chi connectivity index (χ1v) is 5.86. The zero-order chi connectivity index (χ0) is 9.19. The fraction of sp³-hybridized carbons (Fsp3) is 0.250. The maximum absolute atomic E-state index is 11.4. The minimum Gasteiger partial charge on any atom is -0.341 e. The lowest BCUT2D eigenvalue weighted by Crippen LogP contribution is -2.04. The summed E-state index contributed by atoms with van der Waals surface area (Å²) in [4.78, 5) is 9.42. The van der Waals surface area contributed by atoms with Crippen LogP contribution in [0.2, 0.25) is 5.02 Å². The number of hydrogen-bond donors (Lipinski definition) is 1. The van der Waals surface area contributed by atoms with Crippen LogP contribution in [0.1, 0.15) is 6.92 Å². The Labute approximate surface area is 76.6 Å². The molecule has 1 aromatic carbocycles. The van der Waals surface area contributed by atoms with E-state index in [9.17, 15) is 9.46 Å². The van der Waals surface area contributed by atoms with Crippen molar-refractivity contribution in [3.63, 3.8) is 0 Å². The Balaban J connectivity index is 3.12. The first kappa shape index (κ1) is 9.79. The van der Waals surface area contributed by atoms with E-state index in [1.807, 2.05) is 0 Å². The zero-order valence-corrected chi connectivity index (χ0v) is 8.35. The summed E-state index contributed by atoms with van der Waals surface area (Å²) in [5.74, 6) is 0. The van der Waals surface area contributed by atoms with Gasteiger partial charge in [0.25, 0.3) is 0 Å². The molecule has 12 heavy (non-hydrogen) atoms. The van der Waals surface area contributed by atoms with Crippen molar-refractivity contribution in [2.45, 2.75) is 6.92 Å². The Morgan fingerprint density at radius 1 is 1.58 bits per heavy atom. The topological polar surface area (TPSA) is 37.3 Å². The molecule has 0 amide bonds. The molecule has 0 saturated carbocycles. The number of halogens is 1. The normalized spacial score (nSPS) is 15.6. The molecule has 0 aliphatic heterocycles. The molecule has 1 unspecified atom stereocenters. The van der Waals surface area contributed by atoms with E-state index in [-0.39, 0.29) is 6.16 Å². The van der Waals surface area contributed by atoms with E-state index in [1.54, 1.807) is 25.1 Å². The van der Waals surface area contributed by atoms with Crippen LogP contribution in [0.4, 0.5) is 0 Å². The molecule has 66 valence electrons. The third kappa shape index (κ3) is 2.10. The lowest BCUT2D eigenvalue weighted by atomic mass is 10.4. The van der Waals surface area contributed by atoms with Crippen molar-refractivity contribution in [3.05, 3.63) is 29.3 Å². The fourth-order valence-electron chi connectivity index (χ4n) is 0.876. The molecule has 1 N–H and O–H groups in total. The molecule has 0 saturated heterocycles. The van der Waals surface area contributed by atoms with Gasteiger partial charge >= 0.3 is 0 Å². The van der Waals surface area contributed by atoms with Gasteiger partial charge in [-0.3, -0.25) is 4.57 Å². The van der Waals surface area contributed by atoms with Gasteiger partial charge in [-0.2, -0.15) is 0 Å². The molecule has 0 heterocycles. The average Bonchev–Trinajstić information content (AvgIpc) is 2.05. The monoisotopic (exact) mass is 204 g/mol. The van der Waals surface area contributed by atoms with Crippen molar-refractivity contribution in [2.75, 3.05) is 6.16 Å². The van der Waals surface area contributed by atoms with Gasteiger partial charge < -0.3 is 4.89 Å². The van der Waals surface area contributed by atoms with Crippen LogP contribution in [0.3, 0.4) is 0 Å². The summed E-state index contributed by atoms with van der Waals surface area (Å²) in [6.07, 6.45) is 0.243. The molecule has 0 radical (unpaired) electrons. The summed E-state index contributed by atoms with van der Waals surface area (Å²) in [5.41, 5.74) is 0. The summed E-state index contributed by atoms with van der Waals surface area (Å²) in [7, 11) is -3.14. The van der Waals surface area contributed by atoms with E-state index in [0.29, 0.717) is 10.3 Å². The predicted molar refractivity (Wildman–Crippen MR) is 51.5 cm³/mol. The Hall–Kier alpha value is -0.300. The molecule has 0 aliphatic carbocycles. The van der Waals surface area contributed by atoms with E-state index in [2.05, 4.69) is 0 Å². The van der Waals surface area contributed by atoms with Crippen molar-refractivity contribution in [2.24, 2.45) is 0 Å². The Bertz CT molecular complexity index is 325. The van der Waals surface area contributed by atoms with Crippen LogP contribution in [0.5, 0.6) is 0 Å². The van der Waals surface area contributed by atoms with Crippen LogP contribution < -0.4 is 5.30 Å².